The standard InChI is InChI=1S/C21H22/c1-13(2)21(14(3)4)17-9-5-7-15-11-12-16-8-6-10-18(21)20(16)19(15)17/h5-14H,1-4H3. The zero-order chi connectivity index (χ0) is 14.8. The van der Waals surface area contributed by atoms with Crippen molar-refractivity contribution in [2.24, 2.45) is 11.8 Å². The van der Waals surface area contributed by atoms with E-state index in [2.05, 4.69) is 76.2 Å². The van der Waals surface area contributed by atoms with Crippen LogP contribution in [0.5, 0.6) is 0 Å². The molecule has 0 heteroatoms. The second kappa shape index (κ2) is 4.10. The van der Waals surface area contributed by atoms with Gasteiger partial charge in [0.15, 0.2) is 0 Å². The first-order valence-corrected chi connectivity index (χ1v) is 8.04. The van der Waals surface area contributed by atoms with E-state index in [1.165, 1.54) is 32.7 Å². The summed E-state index contributed by atoms with van der Waals surface area (Å²) >= 11 is 0. The van der Waals surface area contributed by atoms with Gasteiger partial charge in [-0.25, -0.2) is 0 Å². The lowest BCUT2D eigenvalue weighted by atomic mass is 9.62. The fraction of sp³-hybridized carbons (Fsp3) is 0.333. The predicted octanol–water partition coefficient (Wildman–Crippen LogP) is 5.90. The average molecular weight is 274 g/mol. The van der Waals surface area contributed by atoms with E-state index in [0.29, 0.717) is 11.8 Å². The Morgan fingerprint density at radius 3 is 1.43 bits per heavy atom. The number of hydrogen-bond donors (Lipinski definition) is 0. The second-order valence-corrected chi connectivity index (χ2v) is 7.05. The number of rotatable bonds is 2. The Morgan fingerprint density at radius 2 is 1.05 bits per heavy atom. The van der Waals surface area contributed by atoms with Crippen LogP contribution in [-0.2, 0) is 5.41 Å². The molecule has 4 rings (SSSR count). The molecule has 21 heavy (non-hydrogen) atoms. The summed E-state index contributed by atoms with van der Waals surface area (Å²) in [6, 6.07) is 18.3. The Balaban J connectivity index is 2.30. The van der Waals surface area contributed by atoms with Crippen LogP contribution in [0.25, 0.3) is 21.5 Å². The van der Waals surface area contributed by atoms with Crippen LogP contribution < -0.4 is 0 Å². The summed E-state index contributed by atoms with van der Waals surface area (Å²) in [5, 5.41) is 5.76. The van der Waals surface area contributed by atoms with E-state index >= 15 is 0 Å². The zero-order valence-electron chi connectivity index (χ0n) is 13.3. The van der Waals surface area contributed by atoms with E-state index in [9.17, 15) is 0 Å². The van der Waals surface area contributed by atoms with E-state index in [4.69, 9.17) is 0 Å². The molecule has 0 saturated carbocycles. The maximum atomic E-state index is 2.38. The largest absolute Gasteiger partial charge is 0.0616 e. The summed E-state index contributed by atoms with van der Waals surface area (Å²) in [7, 11) is 0. The summed E-state index contributed by atoms with van der Waals surface area (Å²) in [5.41, 5.74) is 3.22. The predicted molar refractivity (Wildman–Crippen MR) is 91.9 cm³/mol. The lowest BCUT2D eigenvalue weighted by Crippen LogP contribution is -2.37. The molecule has 3 aromatic rings. The Labute approximate surface area is 126 Å². The molecular formula is C21H22. The first-order chi connectivity index (χ1) is 10.1. The lowest BCUT2D eigenvalue weighted by molar-refractivity contribution is 0.281. The van der Waals surface area contributed by atoms with Gasteiger partial charge in [-0.2, -0.15) is 0 Å². The molecule has 1 aliphatic rings. The van der Waals surface area contributed by atoms with Gasteiger partial charge in [0, 0.05) is 5.41 Å². The topological polar surface area (TPSA) is 0 Å². The van der Waals surface area contributed by atoms with Gasteiger partial charge in [0.1, 0.15) is 0 Å². The lowest BCUT2D eigenvalue weighted by Gasteiger charge is -2.40. The van der Waals surface area contributed by atoms with E-state index in [0.717, 1.165) is 0 Å². The SMILES string of the molecule is CC(C)C1(C(C)C)c2cccc3ccc4cccc1c4c23. The molecule has 0 aromatic heterocycles. The molecule has 0 saturated heterocycles. The maximum Gasteiger partial charge on any atom is 0.0261 e. The normalized spacial score (nSPS) is 15.9. The molecule has 106 valence electrons. The van der Waals surface area contributed by atoms with Crippen molar-refractivity contribution in [2.75, 3.05) is 0 Å². The molecule has 0 atom stereocenters. The summed E-state index contributed by atoms with van der Waals surface area (Å²) < 4.78 is 0. The number of benzene rings is 3. The minimum Gasteiger partial charge on any atom is -0.0616 e. The van der Waals surface area contributed by atoms with Crippen molar-refractivity contribution in [2.45, 2.75) is 33.1 Å². The monoisotopic (exact) mass is 274 g/mol. The second-order valence-electron chi connectivity index (χ2n) is 7.05. The van der Waals surface area contributed by atoms with E-state index in [-0.39, 0.29) is 5.41 Å². The average Bonchev–Trinajstić information content (AvgIpc) is 2.78. The van der Waals surface area contributed by atoms with Crippen molar-refractivity contribution in [3.05, 3.63) is 59.7 Å². The Kier molecular flexibility index (Phi) is 2.52. The van der Waals surface area contributed by atoms with E-state index in [1.54, 1.807) is 0 Å². The van der Waals surface area contributed by atoms with Crippen molar-refractivity contribution < 1.29 is 0 Å². The quantitative estimate of drug-likeness (QED) is 0.510. The highest BCUT2D eigenvalue weighted by atomic mass is 14.5. The Bertz CT molecular complexity index is 780. The molecular weight excluding hydrogens is 252 g/mol. The van der Waals surface area contributed by atoms with Gasteiger partial charge in [0.05, 0.1) is 0 Å². The molecule has 0 spiro atoms. The maximum absolute atomic E-state index is 2.38. The van der Waals surface area contributed by atoms with Crippen molar-refractivity contribution in [1.29, 1.82) is 0 Å². The molecule has 0 unspecified atom stereocenters. The summed E-state index contributed by atoms with van der Waals surface area (Å²) in [4.78, 5) is 0. The van der Waals surface area contributed by atoms with Gasteiger partial charge in [-0.3, -0.25) is 0 Å². The van der Waals surface area contributed by atoms with Crippen molar-refractivity contribution in [1.82, 2.24) is 0 Å². The highest BCUT2D eigenvalue weighted by Gasteiger charge is 2.46. The molecule has 0 amide bonds. The van der Waals surface area contributed by atoms with Crippen LogP contribution in [0.1, 0.15) is 38.8 Å². The molecule has 0 radical (unpaired) electrons. The summed E-state index contributed by atoms with van der Waals surface area (Å²) in [6.07, 6.45) is 0. The van der Waals surface area contributed by atoms with Crippen LogP contribution in [0.15, 0.2) is 48.5 Å². The summed E-state index contributed by atoms with van der Waals surface area (Å²) in [6.45, 7) is 9.51. The van der Waals surface area contributed by atoms with Gasteiger partial charge in [-0.15, -0.1) is 0 Å². The van der Waals surface area contributed by atoms with E-state index < -0.39 is 0 Å². The molecule has 0 nitrogen and oxygen atoms in total. The molecule has 0 fully saturated rings. The molecule has 0 N–H and O–H groups in total. The Hall–Kier alpha value is -1.82. The third kappa shape index (κ3) is 1.36. The molecule has 1 aliphatic carbocycles. The molecule has 3 aromatic carbocycles. The van der Waals surface area contributed by atoms with Crippen LogP contribution in [0.2, 0.25) is 0 Å². The van der Waals surface area contributed by atoms with Gasteiger partial charge in [-0.1, -0.05) is 76.2 Å². The zero-order valence-corrected chi connectivity index (χ0v) is 13.3. The molecule has 0 bridgehead atoms. The van der Waals surface area contributed by atoms with Gasteiger partial charge in [0.2, 0.25) is 0 Å². The van der Waals surface area contributed by atoms with E-state index in [1.807, 2.05) is 0 Å². The first-order valence-electron chi connectivity index (χ1n) is 8.04. The minimum absolute atomic E-state index is 0.142. The highest BCUT2D eigenvalue weighted by molar-refractivity contribution is 6.14. The molecule has 0 heterocycles. The van der Waals surface area contributed by atoms with Crippen molar-refractivity contribution in [3.63, 3.8) is 0 Å². The smallest absolute Gasteiger partial charge is 0.0261 e. The van der Waals surface area contributed by atoms with Crippen LogP contribution in [0.3, 0.4) is 0 Å². The third-order valence-corrected chi connectivity index (χ3v) is 5.60. The van der Waals surface area contributed by atoms with Gasteiger partial charge in [0.25, 0.3) is 0 Å². The Morgan fingerprint density at radius 1 is 0.619 bits per heavy atom. The van der Waals surface area contributed by atoms with Crippen LogP contribution in [-0.4, -0.2) is 0 Å². The summed E-state index contributed by atoms with van der Waals surface area (Å²) in [5.74, 6) is 1.17. The highest BCUT2D eigenvalue weighted by Crippen LogP contribution is 2.55. The van der Waals surface area contributed by atoms with Gasteiger partial charge < -0.3 is 0 Å². The molecule has 0 aliphatic heterocycles. The van der Waals surface area contributed by atoms with Crippen LogP contribution in [0.4, 0.5) is 0 Å². The number of hydrogen-bond acceptors (Lipinski definition) is 0. The fourth-order valence-electron chi connectivity index (χ4n) is 4.90. The van der Waals surface area contributed by atoms with Crippen LogP contribution in [0, 0.1) is 11.8 Å². The fourth-order valence-corrected chi connectivity index (χ4v) is 4.90. The van der Waals surface area contributed by atoms with Crippen LogP contribution >= 0.6 is 0 Å². The van der Waals surface area contributed by atoms with Gasteiger partial charge >= 0.3 is 0 Å². The van der Waals surface area contributed by atoms with Crippen molar-refractivity contribution in [3.8, 4) is 0 Å². The van der Waals surface area contributed by atoms with Crippen molar-refractivity contribution >= 4 is 21.5 Å². The van der Waals surface area contributed by atoms with Gasteiger partial charge in [-0.05, 0) is 44.5 Å². The third-order valence-electron chi connectivity index (χ3n) is 5.60. The first kappa shape index (κ1) is 12.9. The minimum atomic E-state index is 0.142.